The molecule has 2 aromatic rings. The van der Waals surface area contributed by atoms with E-state index in [1.807, 2.05) is 0 Å². The van der Waals surface area contributed by atoms with Crippen LogP contribution in [0.5, 0.6) is 0 Å². The summed E-state index contributed by atoms with van der Waals surface area (Å²) in [4.78, 5) is 19.3. The second-order valence-electron chi connectivity index (χ2n) is 4.59. The maximum Gasteiger partial charge on any atom is 0.235 e. The number of aryl methyl sites for hydroxylation is 1. The molecule has 0 saturated carbocycles. The normalized spacial score (nSPS) is 13.0. The molecule has 0 saturated heterocycles. The van der Waals surface area contributed by atoms with Gasteiger partial charge in [-0.3, -0.25) is 19.4 Å². The number of rotatable bonds is 6. The SMILES string of the molecule is CS(=O)(=O)C(CCn1cc(-c2cnccn2)cn1)C(N)=O. The number of primary amides is 1. The Morgan fingerprint density at radius 1 is 1.38 bits per heavy atom. The van der Waals surface area contributed by atoms with Gasteiger partial charge in [0, 0.05) is 37.0 Å². The van der Waals surface area contributed by atoms with Gasteiger partial charge in [0.15, 0.2) is 9.84 Å². The van der Waals surface area contributed by atoms with Crippen molar-refractivity contribution in [3.05, 3.63) is 31.0 Å². The summed E-state index contributed by atoms with van der Waals surface area (Å²) in [6.07, 6.45) is 9.13. The Morgan fingerprint density at radius 2 is 2.14 bits per heavy atom. The van der Waals surface area contributed by atoms with Crippen LogP contribution in [0.25, 0.3) is 11.3 Å². The van der Waals surface area contributed by atoms with Crippen molar-refractivity contribution >= 4 is 15.7 Å². The molecule has 0 bridgehead atoms. The summed E-state index contributed by atoms with van der Waals surface area (Å²) in [6, 6.07) is 0. The Kier molecular flexibility index (Phi) is 4.32. The quantitative estimate of drug-likeness (QED) is 0.777. The molecule has 9 heteroatoms. The van der Waals surface area contributed by atoms with E-state index in [2.05, 4.69) is 15.1 Å². The predicted molar refractivity (Wildman–Crippen MR) is 75.7 cm³/mol. The van der Waals surface area contributed by atoms with Gasteiger partial charge >= 0.3 is 0 Å². The largest absolute Gasteiger partial charge is 0.369 e. The summed E-state index contributed by atoms with van der Waals surface area (Å²) in [5.41, 5.74) is 6.54. The average molecular weight is 309 g/mol. The van der Waals surface area contributed by atoms with Gasteiger partial charge in [0.1, 0.15) is 5.25 Å². The van der Waals surface area contributed by atoms with Crippen molar-refractivity contribution in [3.8, 4) is 11.3 Å². The topological polar surface area (TPSA) is 121 Å². The molecule has 0 radical (unpaired) electrons. The standard InChI is InChI=1S/C12H15N5O3S/c1-21(19,20)11(12(13)18)2-5-17-8-9(6-16-17)10-7-14-3-4-15-10/h3-4,6-8,11H,2,5H2,1H3,(H2,13,18). The highest BCUT2D eigenvalue weighted by Crippen LogP contribution is 2.14. The number of nitrogens with two attached hydrogens (primary N) is 1. The first-order valence-corrected chi connectivity index (χ1v) is 8.10. The van der Waals surface area contributed by atoms with Crippen LogP contribution in [0.3, 0.4) is 0 Å². The van der Waals surface area contributed by atoms with Crippen LogP contribution < -0.4 is 5.73 Å². The molecule has 112 valence electrons. The van der Waals surface area contributed by atoms with Crippen molar-refractivity contribution in [2.75, 3.05) is 6.26 Å². The number of amides is 1. The Balaban J connectivity index is 2.08. The molecule has 0 fully saturated rings. The van der Waals surface area contributed by atoms with Crippen molar-refractivity contribution in [2.45, 2.75) is 18.2 Å². The number of carbonyl (C=O) groups excluding carboxylic acids is 1. The molecule has 0 aliphatic heterocycles. The van der Waals surface area contributed by atoms with Gasteiger partial charge in [0.05, 0.1) is 18.1 Å². The lowest BCUT2D eigenvalue weighted by molar-refractivity contribution is -0.117. The fraction of sp³-hybridized carbons (Fsp3) is 0.333. The third-order valence-corrected chi connectivity index (χ3v) is 4.45. The summed E-state index contributed by atoms with van der Waals surface area (Å²) < 4.78 is 24.5. The summed E-state index contributed by atoms with van der Waals surface area (Å²) in [5, 5.41) is 2.90. The van der Waals surface area contributed by atoms with Gasteiger partial charge in [-0.25, -0.2) is 8.42 Å². The van der Waals surface area contributed by atoms with Crippen molar-refractivity contribution in [2.24, 2.45) is 5.73 Å². The fourth-order valence-electron chi connectivity index (χ4n) is 1.88. The van der Waals surface area contributed by atoms with Crippen LogP contribution in [0.4, 0.5) is 0 Å². The molecular formula is C12H15N5O3S. The van der Waals surface area contributed by atoms with Crippen LogP contribution in [0.1, 0.15) is 6.42 Å². The van der Waals surface area contributed by atoms with E-state index in [0.717, 1.165) is 11.8 Å². The van der Waals surface area contributed by atoms with Crippen LogP contribution >= 0.6 is 0 Å². The molecule has 2 aromatic heterocycles. The maximum absolute atomic E-state index is 11.5. The maximum atomic E-state index is 11.5. The fourth-order valence-corrected chi connectivity index (χ4v) is 2.84. The monoisotopic (exact) mass is 309 g/mol. The minimum Gasteiger partial charge on any atom is -0.369 e. The highest BCUT2D eigenvalue weighted by Gasteiger charge is 2.26. The van der Waals surface area contributed by atoms with Crippen molar-refractivity contribution in [1.82, 2.24) is 19.7 Å². The summed E-state index contributed by atoms with van der Waals surface area (Å²) in [7, 11) is -3.52. The van der Waals surface area contributed by atoms with E-state index in [1.165, 1.54) is 0 Å². The molecule has 1 amide bonds. The highest BCUT2D eigenvalue weighted by atomic mass is 32.2. The van der Waals surface area contributed by atoms with E-state index in [-0.39, 0.29) is 13.0 Å². The van der Waals surface area contributed by atoms with Crippen LogP contribution in [-0.4, -0.2) is 45.6 Å². The van der Waals surface area contributed by atoms with E-state index in [9.17, 15) is 13.2 Å². The predicted octanol–water partition coefficient (Wildman–Crippen LogP) is -0.371. The van der Waals surface area contributed by atoms with Gasteiger partial charge in [-0.15, -0.1) is 0 Å². The van der Waals surface area contributed by atoms with E-state index < -0.39 is 21.0 Å². The lowest BCUT2D eigenvalue weighted by atomic mass is 10.2. The summed E-state index contributed by atoms with van der Waals surface area (Å²) >= 11 is 0. The van der Waals surface area contributed by atoms with Gasteiger partial charge < -0.3 is 5.73 Å². The number of hydrogen-bond donors (Lipinski definition) is 1. The number of aromatic nitrogens is 4. The molecule has 0 aromatic carbocycles. The molecule has 2 N–H and O–H groups in total. The molecule has 2 rings (SSSR count). The molecule has 21 heavy (non-hydrogen) atoms. The zero-order chi connectivity index (χ0) is 15.5. The van der Waals surface area contributed by atoms with E-state index in [1.54, 1.807) is 35.7 Å². The van der Waals surface area contributed by atoms with E-state index in [4.69, 9.17) is 5.73 Å². The highest BCUT2D eigenvalue weighted by molar-refractivity contribution is 7.92. The molecule has 0 spiro atoms. The first kappa shape index (κ1) is 15.1. The molecular weight excluding hydrogens is 294 g/mol. The lowest BCUT2D eigenvalue weighted by Gasteiger charge is -2.10. The van der Waals surface area contributed by atoms with E-state index >= 15 is 0 Å². The summed E-state index contributed by atoms with van der Waals surface area (Å²) in [6.45, 7) is 0.265. The van der Waals surface area contributed by atoms with Gasteiger partial charge in [-0.1, -0.05) is 0 Å². The van der Waals surface area contributed by atoms with Gasteiger partial charge in [0.25, 0.3) is 0 Å². The van der Waals surface area contributed by atoms with E-state index in [0.29, 0.717) is 5.69 Å². The summed E-state index contributed by atoms with van der Waals surface area (Å²) in [5.74, 6) is -0.848. The van der Waals surface area contributed by atoms with Crippen LogP contribution in [0.2, 0.25) is 0 Å². The van der Waals surface area contributed by atoms with Crippen molar-refractivity contribution < 1.29 is 13.2 Å². The second-order valence-corrected chi connectivity index (χ2v) is 6.82. The average Bonchev–Trinajstić information content (AvgIpc) is 2.87. The molecule has 1 atom stereocenters. The molecule has 1 unspecified atom stereocenters. The smallest absolute Gasteiger partial charge is 0.235 e. The number of sulfone groups is 1. The van der Waals surface area contributed by atoms with Crippen molar-refractivity contribution in [3.63, 3.8) is 0 Å². The third-order valence-electron chi connectivity index (χ3n) is 2.95. The Hall–Kier alpha value is -2.29. The Labute approximate surface area is 121 Å². The number of carbonyl (C=O) groups is 1. The zero-order valence-electron chi connectivity index (χ0n) is 11.4. The molecule has 0 aliphatic carbocycles. The Morgan fingerprint density at radius 3 is 2.71 bits per heavy atom. The van der Waals surface area contributed by atoms with Crippen LogP contribution in [0, 0.1) is 0 Å². The lowest BCUT2D eigenvalue weighted by Crippen LogP contribution is -2.36. The van der Waals surface area contributed by atoms with Gasteiger partial charge in [-0.05, 0) is 6.42 Å². The van der Waals surface area contributed by atoms with Crippen molar-refractivity contribution in [1.29, 1.82) is 0 Å². The van der Waals surface area contributed by atoms with Crippen LogP contribution in [-0.2, 0) is 21.2 Å². The van der Waals surface area contributed by atoms with Gasteiger partial charge in [0.2, 0.25) is 5.91 Å². The minimum absolute atomic E-state index is 0.0791. The molecule has 8 nitrogen and oxygen atoms in total. The first-order valence-electron chi connectivity index (χ1n) is 6.15. The molecule has 0 aliphatic rings. The zero-order valence-corrected chi connectivity index (χ0v) is 12.2. The first-order chi connectivity index (χ1) is 9.88. The number of hydrogen-bond acceptors (Lipinski definition) is 6. The third kappa shape index (κ3) is 3.85. The molecule has 2 heterocycles. The minimum atomic E-state index is -3.52. The number of nitrogens with zero attached hydrogens (tertiary/aromatic N) is 4. The van der Waals surface area contributed by atoms with Crippen LogP contribution in [0.15, 0.2) is 31.0 Å². The van der Waals surface area contributed by atoms with Gasteiger partial charge in [-0.2, -0.15) is 5.10 Å². The second kappa shape index (κ2) is 6.00. The Bertz CT molecular complexity index is 726.